The average Bonchev–Trinajstić information content (AvgIpc) is 2.62. The molecule has 0 atom stereocenters. The summed E-state index contributed by atoms with van der Waals surface area (Å²) in [5, 5.41) is 0. The first kappa shape index (κ1) is 20.2. The summed E-state index contributed by atoms with van der Waals surface area (Å²) >= 11 is 0. The second kappa shape index (κ2) is 8.54. The van der Waals surface area contributed by atoms with Crippen molar-refractivity contribution >= 4 is 5.57 Å². The molecule has 25 heavy (non-hydrogen) atoms. The zero-order valence-electron chi connectivity index (χ0n) is 17.3. The molecular weight excluding hydrogens is 302 g/mol. The lowest BCUT2D eigenvalue weighted by molar-refractivity contribution is 0.0284. The summed E-state index contributed by atoms with van der Waals surface area (Å²) in [6.45, 7) is 18.8. The summed E-state index contributed by atoms with van der Waals surface area (Å²) in [5.41, 5.74) is 4.17. The van der Waals surface area contributed by atoms with Crippen LogP contribution >= 0.6 is 0 Å². The lowest BCUT2D eigenvalue weighted by Crippen LogP contribution is -2.55. The highest BCUT2D eigenvalue weighted by Crippen LogP contribution is 2.46. The van der Waals surface area contributed by atoms with Crippen molar-refractivity contribution in [3.63, 3.8) is 0 Å². The van der Waals surface area contributed by atoms with Gasteiger partial charge in [0.15, 0.2) is 0 Å². The van der Waals surface area contributed by atoms with E-state index in [0.717, 1.165) is 0 Å². The number of nitrogens with zero attached hydrogens (tertiary/aromatic N) is 1. The third kappa shape index (κ3) is 4.56. The van der Waals surface area contributed by atoms with Gasteiger partial charge in [-0.3, -0.25) is 4.90 Å². The minimum absolute atomic E-state index is 0.0358. The summed E-state index contributed by atoms with van der Waals surface area (Å²) < 4.78 is 0. The maximum absolute atomic E-state index is 4.54. The Morgan fingerprint density at radius 1 is 0.960 bits per heavy atom. The standard InChI is InChI=1S/C24H39N/c1-7-8-10-13-21-14-16-22(17-15-21)20(2)23(3,4)24(5,6)25-18-11-9-12-19-25/h14-17H,2,7-13,18-19H2,1,3-6H3. The maximum atomic E-state index is 4.54. The van der Waals surface area contributed by atoms with Crippen molar-refractivity contribution in [2.24, 2.45) is 5.41 Å². The van der Waals surface area contributed by atoms with Crippen molar-refractivity contribution in [3.8, 4) is 0 Å². The molecular formula is C24H39N. The van der Waals surface area contributed by atoms with Crippen LogP contribution in [-0.2, 0) is 6.42 Å². The molecule has 1 saturated heterocycles. The first-order valence-electron chi connectivity index (χ1n) is 10.3. The molecule has 1 aromatic carbocycles. The minimum Gasteiger partial charge on any atom is -0.297 e. The van der Waals surface area contributed by atoms with Gasteiger partial charge in [0.05, 0.1) is 0 Å². The average molecular weight is 342 g/mol. The zero-order chi connectivity index (χ0) is 18.5. The first-order chi connectivity index (χ1) is 11.8. The number of aryl methyl sites for hydroxylation is 1. The fraction of sp³-hybridized carbons (Fsp3) is 0.667. The molecule has 1 heterocycles. The molecule has 1 heteroatoms. The number of hydrogen-bond donors (Lipinski definition) is 0. The van der Waals surface area contributed by atoms with E-state index < -0.39 is 0 Å². The van der Waals surface area contributed by atoms with E-state index in [4.69, 9.17) is 0 Å². The normalized spacial score (nSPS) is 16.8. The Morgan fingerprint density at radius 2 is 1.56 bits per heavy atom. The smallest absolute Gasteiger partial charge is 0.0244 e. The van der Waals surface area contributed by atoms with E-state index in [1.54, 1.807) is 0 Å². The van der Waals surface area contributed by atoms with Gasteiger partial charge >= 0.3 is 0 Å². The van der Waals surface area contributed by atoms with Crippen molar-refractivity contribution < 1.29 is 0 Å². The van der Waals surface area contributed by atoms with Crippen LogP contribution in [0.2, 0.25) is 0 Å². The summed E-state index contributed by atoms with van der Waals surface area (Å²) in [6.07, 6.45) is 9.15. The van der Waals surface area contributed by atoms with Gasteiger partial charge in [-0.15, -0.1) is 0 Å². The third-order valence-corrected chi connectivity index (χ3v) is 6.80. The topological polar surface area (TPSA) is 3.24 Å². The Balaban J connectivity index is 2.11. The van der Waals surface area contributed by atoms with Crippen molar-refractivity contribution in [1.29, 1.82) is 0 Å². The van der Waals surface area contributed by atoms with E-state index in [1.807, 2.05) is 0 Å². The second-order valence-corrected chi connectivity index (χ2v) is 8.86. The van der Waals surface area contributed by atoms with Crippen molar-refractivity contribution in [3.05, 3.63) is 42.0 Å². The number of unbranched alkanes of at least 4 members (excludes halogenated alkanes) is 2. The molecule has 0 radical (unpaired) electrons. The number of benzene rings is 1. The quantitative estimate of drug-likeness (QED) is 0.474. The van der Waals surface area contributed by atoms with Crippen LogP contribution < -0.4 is 0 Å². The molecule has 0 aromatic heterocycles. The predicted molar refractivity (Wildman–Crippen MR) is 112 cm³/mol. The Hall–Kier alpha value is -1.08. The van der Waals surface area contributed by atoms with Gasteiger partial charge < -0.3 is 0 Å². The van der Waals surface area contributed by atoms with E-state index in [1.165, 1.54) is 74.7 Å². The van der Waals surface area contributed by atoms with Gasteiger partial charge in [-0.1, -0.05) is 70.9 Å². The predicted octanol–water partition coefficient (Wildman–Crippen LogP) is 6.72. The molecule has 0 amide bonds. The molecule has 0 spiro atoms. The Kier molecular flexibility index (Phi) is 6.91. The molecule has 2 rings (SSSR count). The molecule has 1 aliphatic heterocycles. The van der Waals surface area contributed by atoms with Crippen molar-refractivity contribution in [1.82, 2.24) is 4.90 Å². The summed E-state index contributed by atoms with van der Waals surface area (Å²) in [7, 11) is 0. The molecule has 0 bridgehead atoms. The fourth-order valence-corrected chi connectivity index (χ4v) is 4.03. The van der Waals surface area contributed by atoms with E-state index in [9.17, 15) is 0 Å². The van der Waals surface area contributed by atoms with Crippen LogP contribution in [0.4, 0.5) is 0 Å². The number of piperidine rings is 1. The van der Waals surface area contributed by atoms with Crippen molar-refractivity contribution in [2.45, 2.75) is 85.1 Å². The molecule has 1 fully saturated rings. The number of rotatable bonds is 8. The lowest BCUT2D eigenvalue weighted by Gasteiger charge is -2.52. The van der Waals surface area contributed by atoms with Crippen LogP contribution in [0, 0.1) is 5.41 Å². The number of likely N-dealkylation sites (tertiary alicyclic amines) is 1. The van der Waals surface area contributed by atoms with Crippen LogP contribution in [0.1, 0.15) is 84.3 Å². The Labute approximate surface area is 156 Å². The highest BCUT2D eigenvalue weighted by Gasteiger charge is 2.43. The number of hydrogen-bond acceptors (Lipinski definition) is 1. The molecule has 0 unspecified atom stereocenters. The molecule has 140 valence electrons. The molecule has 1 aromatic rings. The van der Waals surface area contributed by atoms with Crippen LogP contribution in [-0.4, -0.2) is 23.5 Å². The van der Waals surface area contributed by atoms with E-state index >= 15 is 0 Å². The van der Waals surface area contributed by atoms with Gasteiger partial charge in [-0.25, -0.2) is 0 Å². The van der Waals surface area contributed by atoms with Crippen LogP contribution in [0.15, 0.2) is 30.8 Å². The second-order valence-electron chi connectivity index (χ2n) is 8.86. The Morgan fingerprint density at radius 3 is 2.12 bits per heavy atom. The minimum atomic E-state index is 0.0358. The molecule has 1 nitrogen and oxygen atoms in total. The molecule has 1 aliphatic rings. The van der Waals surface area contributed by atoms with Gasteiger partial charge in [-0.05, 0) is 69.3 Å². The van der Waals surface area contributed by atoms with Crippen LogP contribution in [0.3, 0.4) is 0 Å². The van der Waals surface area contributed by atoms with Gasteiger partial charge in [0.2, 0.25) is 0 Å². The van der Waals surface area contributed by atoms with Gasteiger partial charge in [0.25, 0.3) is 0 Å². The largest absolute Gasteiger partial charge is 0.297 e. The third-order valence-electron chi connectivity index (χ3n) is 6.80. The fourth-order valence-electron chi connectivity index (χ4n) is 4.03. The van der Waals surface area contributed by atoms with Crippen LogP contribution in [0.5, 0.6) is 0 Å². The molecule has 0 N–H and O–H groups in total. The summed E-state index contributed by atoms with van der Waals surface area (Å²) in [5.74, 6) is 0. The maximum Gasteiger partial charge on any atom is 0.0244 e. The first-order valence-corrected chi connectivity index (χ1v) is 10.3. The van der Waals surface area contributed by atoms with Crippen molar-refractivity contribution in [2.75, 3.05) is 13.1 Å². The highest BCUT2D eigenvalue weighted by atomic mass is 15.2. The van der Waals surface area contributed by atoms with Gasteiger partial charge in [-0.2, -0.15) is 0 Å². The molecule has 0 aliphatic carbocycles. The van der Waals surface area contributed by atoms with E-state index in [0.29, 0.717) is 0 Å². The monoisotopic (exact) mass is 341 g/mol. The van der Waals surface area contributed by atoms with E-state index in [2.05, 4.69) is 70.4 Å². The van der Waals surface area contributed by atoms with Crippen LogP contribution in [0.25, 0.3) is 5.57 Å². The summed E-state index contributed by atoms with van der Waals surface area (Å²) in [4.78, 5) is 2.68. The van der Waals surface area contributed by atoms with Gasteiger partial charge in [0.1, 0.15) is 0 Å². The molecule has 0 saturated carbocycles. The van der Waals surface area contributed by atoms with E-state index in [-0.39, 0.29) is 11.0 Å². The SMILES string of the molecule is C=C(c1ccc(CCCCC)cc1)C(C)(C)C(C)(C)N1CCCCC1. The summed E-state index contributed by atoms with van der Waals surface area (Å²) in [6, 6.07) is 9.19. The van der Waals surface area contributed by atoms with Gasteiger partial charge in [0, 0.05) is 11.0 Å². The highest BCUT2D eigenvalue weighted by molar-refractivity contribution is 5.69. The zero-order valence-corrected chi connectivity index (χ0v) is 17.3. The Bertz CT molecular complexity index is 544. The lowest BCUT2D eigenvalue weighted by atomic mass is 9.66.